The molecule has 0 saturated carbocycles. The second-order valence-electron chi connectivity index (χ2n) is 7.95. The standard InChI is InChI=1S/C19H32N4O4S/c1-2-18(24)20-16-6-14-23(15-7-16)28(26,27)17-8-12-22(13-9-17)19(25)21-10-4-3-5-11-21/h2,16-17H,1,3-15H2,(H,20,24). The summed E-state index contributed by atoms with van der Waals surface area (Å²) in [6.45, 7) is 6.93. The van der Waals surface area contributed by atoms with Gasteiger partial charge in [0, 0.05) is 45.3 Å². The zero-order valence-electron chi connectivity index (χ0n) is 16.5. The largest absolute Gasteiger partial charge is 0.350 e. The number of sulfonamides is 1. The number of hydrogen-bond acceptors (Lipinski definition) is 4. The monoisotopic (exact) mass is 412 g/mol. The van der Waals surface area contributed by atoms with Gasteiger partial charge in [-0.15, -0.1) is 0 Å². The molecule has 28 heavy (non-hydrogen) atoms. The van der Waals surface area contributed by atoms with E-state index in [1.165, 1.54) is 12.5 Å². The van der Waals surface area contributed by atoms with Crippen LogP contribution < -0.4 is 5.32 Å². The molecule has 3 saturated heterocycles. The van der Waals surface area contributed by atoms with Gasteiger partial charge in [0.2, 0.25) is 15.9 Å². The van der Waals surface area contributed by atoms with E-state index < -0.39 is 15.3 Å². The third-order valence-corrected chi connectivity index (χ3v) is 8.50. The highest BCUT2D eigenvalue weighted by Gasteiger charge is 2.38. The lowest BCUT2D eigenvalue weighted by atomic mass is 10.1. The number of carbonyl (C=O) groups is 2. The second-order valence-corrected chi connectivity index (χ2v) is 10.2. The number of hydrogen-bond donors (Lipinski definition) is 1. The predicted molar refractivity (Wildman–Crippen MR) is 107 cm³/mol. The average Bonchev–Trinajstić information content (AvgIpc) is 2.74. The molecule has 1 N–H and O–H groups in total. The number of nitrogens with zero attached hydrogens (tertiary/aromatic N) is 3. The summed E-state index contributed by atoms with van der Waals surface area (Å²) < 4.78 is 27.6. The van der Waals surface area contributed by atoms with Crippen LogP contribution in [0.15, 0.2) is 12.7 Å². The fourth-order valence-electron chi connectivity index (χ4n) is 4.36. The normalized spacial score (nSPS) is 23.4. The van der Waals surface area contributed by atoms with E-state index in [1.54, 1.807) is 4.31 Å². The smallest absolute Gasteiger partial charge is 0.319 e. The van der Waals surface area contributed by atoms with Crippen LogP contribution in [0.3, 0.4) is 0 Å². The number of rotatable bonds is 4. The molecular formula is C19H32N4O4S. The minimum atomic E-state index is -3.37. The number of carbonyl (C=O) groups excluding carboxylic acids is 2. The molecule has 3 heterocycles. The number of likely N-dealkylation sites (tertiary alicyclic amines) is 2. The maximum atomic E-state index is 13.0. The van der Waals surface area contributed by atoms with Gasteiger partial charge in [-0.25, -0.2) is 17.5 Å². The Balaban J connectivity index is 1.48. The molecule has 9 heteroatoms. The molecule has 3 rings (SSSR count). The van der Waals surface area contributed by atoms with Gasteiger partial charge in [-0.3, -0.25) is 4.79 Å². The molecule has 3 fully saturated rings. The van der Waals surface area contributed by atoms with Gasteiger partial charge in [0.15, 0.2) is 0 Å². The van der Waals surface area contributed by atoms with Crippen LogP contribution >= 0.6 is 0 Å². The van der Waals surface area contributed by atoms with Crippen LogP contribution in [0.25, 0.3) is 0 Å². The van der Waals surface area contributed by atoms with Crippen LogP contribution in [0, 0.1) is 0 Å². The maximum absolute atomic E-state index is 13.0. The van der Waals surface area contributed by atoms with Crippen molar-refractivity contribution in [3.05, 3.63) is 12.7 Å². The molecule has 158 valence electrons. The van der Waals surface area contributed by atoms with E-state index in [1.807, 2.05) is 9.80 Å². The molecule has 0 bridgehead atoms. The molecule has 0 aromatic carbocycles. The first-order valence-corrected chi connectivity index (χ1v) is 11.9. The summed E-state index contributed by atoms with van der Waals surface area (Å²) in [4.78, 5) is 27.7. The lowest BCUT2D eigenvalue weighted by Gasteiger charge is -2.39. The molecule has 0 aromatic rings. The van der Waals surface area contributed by atoms with E-state index >= 15 is 0 Å². The van der Waals surface area contributed by atoms with Crippen molar-refractivity contribution in [2.45, 2.75) is 56.2 Å². The van der Waals surface area contributed by atoms with Crippen molar-refractivity contribution in [3.63, 3.8) is 0 Å². The third kappa shape index (κ3) is 4.86. The minimum Gasteiger partial charge on any atom is -0.350 e. The summed E-state index contributed by atoms with van der Waals surface area (Å²) in [5.74, 6) is -0.216. The van der Waals surface area contributed by atoms with E-state index in [2.05, 4.69) is 11.9 Å². The number of amides is 3. The van der Waals surface area contributed by atoms with Gasteiger partial charge >= 0.3 is 6.03 Å². The molecule has 3 aliphatic rings. The van der Waals surface area contributed by atoms with Gasteiger partial charge in [0.05, 0.1) is 5.25 Å². The van der Waals surface area contributed by atoms with Crippen LogP contribution in [0.5, 0.6) is 0 Å². The van der Waals surface area contributed by atoms with Crippen LogP contribution in [-0.2, 0) is 14.8 Å². The molecular weight excluding hydrogens is 380 g/mol. The van der Waals surface area contributed by atoms with Crippen molar-refractivity contribution >= 4 is 22.0 Å². The van der Waals surface area contributed by atoms with E-state index in [9.17, 15) is 18.0 Å². The number of nitrogens with one attached hydrogen (secondary N) is 1. The van der Waals surface area contributed by atoms with Gasteiger partial charge in [0.25, 0.3) is 0 Å². The van der Waals surface area contributed by atoms with E-state index in [-0.39, 0.29) is 18.0 Å². The summed E-state index contributed by atoms with van der Waals surface area (Å²) in [6, 6.07) is 0.0651. The Labute approximate surface area is 168 Å². The van der Waals surface area contributed by atoms with Crippen LogP contribution in [-0.4, -0.2) is 85.0 Å². The summed E-state index contributed by atoms with van der Waals surface area (Å²) in [5.41, 5.74) is 0. The van der Waals surface area contributed by atoms with Gasteiger partial charge in [-0.2, -0.15) is 0 Å². The number of piperidine rings is 3. The quantitative estimate of drug-likeness (QED) is 0.702. The Hall–Kier alpha value is -1.61. The molecule has 0 aliphatic carbocycles. The summed E-state index contributed by atoms with van der Waals surface area (Å²) >= 11 is 0. The lowest BCUT2D eigenvalue weighted by molar-refractivity contribution is -0.117. The van der Waals surface area contributed by atoms with Crippen molar-refractivity contribution in [2.24, 2.45) is 0 Å². The molecule has 3 aliphatic heterocycles. The van der Waals surface area contributed by atoms with Crippen molar-refractivity contribution in [3.8, 4) is 0 Å². The maximum Gasteiger partial charge on any atom is 0.319 e. The summed E-state index contributed by atoms with van der Waals surface area (Å²) in [5, 5.41) is 2.42. The Morgan fingerprint density at radius 1 is 0.857 bits per heavy atom. The zero-order valence-corrected chi connectivity index (χ0v) is 17.3. The number of urea groups is 1. The van der Waals surface area contributed by atoms with Crippen molar-refractivity contribution in [2.75, 3.05) is 39.3 Å². The topological polar surface area (TPSA) is 90.0 Å². The van der Waals surface area contributed by atoms with Crippen molar-refractivity contribution in [1.29, 1.82) is 0 Å². The van der Waals surface area contributed by atoms with Crippen LogP contribution in [0.1, 0.15) is 44.9 Å². The Kier molecular flexibility index (Phi) is 6.98. The molecule has 3 amide bonds. The Morgan fingerprint density at radius 2 is 1.43 bits per heavy atom. The van der Waals surface area contributed by atoms with E-state index in [4.69, 9.17) is 0 Å². The summed E-state index contributed by atoms with van der Waals surface area (Å²) in [6.07, 6.45) is 6.75. The SMILES string of the molecule is C=CC(=O)NC1CCN(S(=O)(=O)C2CCN(C(=O)N3CCCCC3)CC2)CC1. The fraction of sp³-hybridized carbons (Fsp3) is 0.789. The van der Waals surface area contributed by atoms with Gasteiger partial charge in [-0.1, -0.05) is 6.58 Å². The van der Waals surface area contributed by atoms with Gasteiger partial charge in [-0.05, 0) is 51.0 Å². The molecule has 0 unspecified atom stereocenters. The Bertz CT molecular complexity index is 674. The van der Waals surface area contributed by atoms with Gasteiger partial charge in [0.1, 0.15) is 0 Å². The first-order valence-electron chi connectivity index (χ1n) is 10.4. The third-order valence-electron chi connectivity index (χ3n) is 6.11. The predicted octanol–water partition coefficient (Wildman–Crippen LogP) is 1.15. The van der Waals surface area contributed by atoms with Crippen molar-refractivity contribution < 1.29 is 18.0 Å². The molecule has 0 atom stereocenters. The molecule has 0 radical (unpaired) electrons. The first-order chi connectivity index (χ1) is 13.4. The zero-order chi connectivity index (χ0) is 20.1. The molecule has 0 aromatic heterocycles. The fourth-order valence-corrected chi connectivity index (χ4v) is 6.30. The average molecular weight is 413 g/mol. The van der Waals surface area contributed by atoms with E-state index in [0.29, 0.717) is 51.9 Å². The molecule has 0 spiro atoms. The highest BCUT2D eigenvalue weighted by atomic mass is 32.2. The Morgan fingerprint density at radius 3 is 2.00 bits per heavy atom. The first kappa shape index (κ1) is 21.1. The van der Waals surface area contributed by atoms with E-state index in [0.717, 1.165) is 25.9 Å². The highest BCUT2D eigenvalue weighted by molar-refractivity contribution is 7.89. The highest BCUT2D eigenvalue weighted by Crippen LogP contribution is 2.25. The van der Waals surface area contributed by atoms with Crippen molar-refractivity contribution in [1.82, 2.24) is 19.4 Å². The van der Waals surface area contributed by atoms with Crippen LogP contribution in [0.4, 0.5) is 4.79 Å². The summed E-state index contributed by atoms with van der Waals surface area (Å²) in [7, 11) is -3.37. The van der Waals surface area contributed by atoms with Gasteiger partial charge < -0.3 is 15.1 Å². The van der Waals surface area contributed by atoms with Crippen LogP contribution in [0.2, 0.25) is 0 Å². The second kappa shape index (κ2) is 9.26. The molecule has 8 nitrogen and oxygen atoms in total. The lowest BCUT2D eigenvalue weighted by Crippen LogP contribution is -2.53. The minimum absolute atomic E-state index is 0.000890.